The van der Waals surface area contributed by atoms with Crippen molar-refractivity contribution in [3.63, 3.8) is 0 Å². The summed E-state index contributed by atoms with van der Waals surface area (Å²) in [5.41, 5.74) is 11.6. The van der Waals surface area contributed by atoms with Crippen LogP contribution < -0.4 is 10.1 Å². The van der Waals surface area contributed by atoms with Gasteiger partial charge in [0.2, 0.25) is 0 Å². The average Bonchev–Trinajstić information content (AvgIpc) is 3.49. The minimum absolute atomic E-state index is 0.129. The van der Waals surface area contributed by atoms with E-state index in [2.05, 4.69) is 187 Å². The van der Waals surface area contributed by atoms with E-state index in [4.69, 9.17) is 9.73 Å². The molecule has 0 saturated heterocycles. The molecule has 0 saturated carbocycles. The van der Waals surface area contributed by atoms with Crippen LogP contribution in [0.2, 0.25) is 0 Å². The third kappa shape index (κ3) is 4.39. The molecule has 6 atom stereocenters. The van der Waals surface area contributed by atoms with Crippen molar-refractivity contribution < 1.29 is 4.74 Å². The largest absolute Gasteiger partial charge is 0.485 e. The highest BCUT2D eigenvalue weighted by Crippen LogP contribution is 2.64. The first kappa shape index (κ1) is 29.0. The standard InChI is InChI=1S/C47H36N2O/c1-3-15-31(16-4-1)42-30-43(49-46(48-42)32-17-5-2-6-18-32)37-22-8-7-19-34(37)33-27-28-41-45(29-33)50-44-26-14-13-25-40(44)47(41)38-23-11-9-20-35(38)36-21-10-12-24-39(36)47/h1-30,35,38,41,45-46,48H. The number of benzene rings is 5. The zero-order valence-corrected chi connectivity index (χ0v) is 27.6. The van der Waals surface area contributed by atoms with Crippen LogP contribution in [0.5, 0.6) is 5.75 Å². The predicted molar refractivity (Wildman–Crippen MR) is 203 cm³/mol. The van der Waals surface area contributed by atoms with Crippen molar-refractivity contribution in [1.82, 2.24) is 5.32 Å². The molecule has 6 unspecified atom stereocenters. The SMILES string of the molecule is C1=CC2c3ccccc3C3(c4ccccc4OC4C=C(c5ccccc5C5=NC(c6ccccc6)NC(c6ccccc6)=C5)C=CC43)C2C=C1. The maximum absolute atomic E-state index is 6.98. The first-order chi connectivity index (χ1) is 24.8. The van der Waals surface area contributed by atoms with Gasteiger partial charge >= 0.3 is 0 Å². The Labute approximate surface area is 293 Å². The Morgan fingerprint density at radius 3 is 2.18 bits per heavy atom. The number of hydrogen-bond donors (Lipinski definition) is 1. The molecule has 0 aromatic heterocycles. The summed E-state index contributed by atoms with van der Waals surface area (Å²) in [7, 11) is 0. The van der Waals surface area contributed by atoms with Gasteiger partial charge in [-0.1, -0.05) is 164 Å². The summed E-state index contributed by atoms with van der Waals surface area (Å²) in [5.74, 6) is 1.75. The Morgan fingerprint density at radius 1 is 0.620 bits per heavy atom. The lowest BCUT2D eigenvalue weighted by Crippen LogP contribution is -2.50. The quantitative estimate of drug-likeness (QED) is 0.211. The van der Waals surface area contributed by atoms with Gasteiger partial charge in [0, 0.05) is 40.0 Å². The lowest BCUT2D eigenvalue weighted by molar-refractivity contribution is 0.107. The number of nitrogens with one attached hydrogen (secondary N) is 1. The van der Waals surface area contributed by atoms with Crippen LogP contribution in [0.25, 0.3) is 11.3 Å². The number of para-hydroxylation sites is 1. The van der Waals surface area contributed by atoms with Crippen molar-refractivity contribution in [2.45, 2.75) is 23.6 Å². The van der Waals surface area contributed by atoms with E-state index < -0.39 is 0 Å². The van der Waals surface area contributed by atoms with E-state index in [-0.39, 0.29) is 23.6 Å². The second kappa shape index (κ2) is 11.6. The van der Waals surface area contributed by atoms with Crippen molar-refractivity contribution in [2.24, 2.45) is 16.8 Å². The normalized spacial score (nSPS) is 26.7. The van der Waals surface area contributed by atoms with E-state index >= 15 is 0 Å². The van der Waals surface area contributed by atoms with E-state index in [1.807, 2.05) is 0 Å². The number of rotatable bonds is 4. The van der Waals surface area contributed by atoms with Gasteiger partial charge in [-0.15, -0.1) is 0 Å². The summed E-state index contributed by atoms with van der Waals surface area (Å²) in [5, 5.41) is 3.70. The predicted octanol–water partition coefficient (Wildman–Crippen LogP) is 9.97. The summed E-state index contributed by atoms with van der Waals surface area (Å²) < 4.78 is 6.98. The van der Waals surface area contributed by atoms with Crippen LogP contribution in [0.3, 0.4) is 0 Å². The van der Waals surface area contributed by atoms with Gasteiger partial charge < -0.3 is 10.1 Å². The second-order valence-corrected chi connectivity index (χ2v) is 13.8. The molecule has 1 N–H and O–H groups in total. The molecule has 3 nitrogen and oxygen atoms in total. The van der Waals surface area contributed by atoms with Crippen LogP contribution in [-0.4, -0.2) is 11.8 Å². The fraction of sp³-hybridized carbons (Fsp3) is 0.128. The van der Waals surface area contributed by atoms with Gasteiger partial charge in [-0.2, -0.15) is 0 Å². The van der Waals surface area contributed by atoms with E-state index in [0.29, 0.717) is 11.8 Å². The summed E-state index contributed by atoms with van der Waals surface area (Å²) in [6, 6.07) is 47.6. The van der Waals surface area contributed by atoms with Gasteiger partial charge in [0.15, 0.2) is 0 Å². The summed E-state index contributed by atoms with van der Waals surface area (Å²) in [6.45, 7) is 0. The van der Waals surface area contributed by atoms with Crippen molar-refractivity contribution in [2.75, 3.05) is 0 Å². The molecule has 0 fully saturated rings. The molecule has 3 heteroatoms. The number of hydrogen-bond acceptors (Lipinski definition) is 3. The topological polar surface area (TPSA) is 33.6 Å². The summed E-state index contributed by atoms with van der Waals surface area (Å²) in [4.78, 5) is 5.33. The van der Waals surface area contributed by atoms with E-state index in [0.717, 1.165) is 45.0 Å². The summed E-state index contributed by atoms with van der Waals surface area (Å²) in [6.07, 6.45) is 18.3. The maximum atomic E-state index is 6.98. The zero-order valence-electron chi connectivity index (χ0n) is 27.6. The van der Waals surface area contributed by atoms with Crippen LogP contribution in [0, 0.1) is 11.8 Å². The van der Waals surface area contributed by atoms with Crippen LogP contribution in [0.15, 0.2) is 187 Å². The Hall–Kier alpha value is -5.93. The Bertz CT molecular complexity index is 2310. The third-order valence-electron chi connectivity index (χ3n) is 11.3. The van der Waals surface area contributed by atoms with Gasteiger partial charge in [0.1, 0.15) is 18.0 Å². The number of ether oxygens (including phenoxy) is 1. The highest BCUT2D eigenvalue weighted by atomic mass is 16.5. The number of fused-ring (bicyclic) bond motifs is 9. The first-order valence-corrected chi connectivity index (χ1v) is 17.7. The monoisotopic (exact) mass is 644 g/mol. The van der Waals surface area contributed by atoms with Gasteiger partial charge in [-0.3, -0.25) is 4.99 Å². The fourth-order valence-electron chi connectivity index (χ4n) is 9.22. The Kier molecular flexibility index (Phi) is 6.73. The molecule has 240 valence electrons. The van der Waals surface area contributed by atoms with Gasteiger partial charge in [0.25, 0.3) is 0 Å². The number of allylic oxidation sites excluding steroid dienone is 7. The first-order valence-electron chi connectivity index (χ1n) is 17.7. The molecule has 50 heavy (non-hydrogen) atoms. The highest BCUT2D eigenvalue weighted by molar-refractivity contribution is 6.15. The van der Waals surface area contributed by atoms with Crippen LogP contribution in [-0.2, 0) is 5.41 Å². The minimum Gasteiger partial charge on any atom is -0.485 e. The molecule has 10 rings (SSSR count). The van der Waals surface area contributed by atoms with E-state index in [1.54, 1.807) is 0 Å². The molecule has 5 aromatic carbocycles. The third-order valence-corrected chi connectivity index (χ3v) is 11.3. The van der Waals surface area contributed by atoms with Crippen LogP contribution >= 0.6 is 0 Å². The lowest BCUT2D eigenvalue weighted by atomic mass is 9.56. The highest BCUT2D eigenvalue weighted by Gasteiger charge is 2.60. The second-order valence-electron chi connectivity index (χ2n) is 13.8. The molecule has 1 spiro atoms. The molecular weight excluding hydrogens is 609 g/mol. The van der Waals surface area contributed by atoms with E-state index in [9.17, 15) is 0 Å². The van der Waals surface area contributed by atoms with Gasteiger partial charge in [0.05, 0.1) is 5.71 Å². The molecule has 5 aromatic rings. The van der Waals surface area contributed by atoms with Crippen molar-refractivity contribution in [1.29, 1.82) is 0 Å². The lowest BCUT2D eigenvalue weighted by Gasteiger charge is -2.50. The zero-order chi connectivity index (χ0) is 33.1. The minimum atomic E-state index is -0.241. The number of aliphatic imine (C=N–C) groups is 1. The molecule has 0 radical (unpaired) electrons. The Balaban J connectivity index is 1.10. The van der Waals surface area contributed by atoms with Crippen molar-refractivity contribution in [3.05, 3.63) is 221 Å². The Morgan fingerprint density at radius 2 is 1.32 bits per heavy atom. The fourth-order valence-corrected chi connectivity index (χ4v) is 9.22. The van der Waals surface area contributed by atoms with Crippen LogP contribution in [0.4, 0.5) is 0 Å². The molecule has 5 aliphatic rings. The molecular formula is C47H36N2O. The average molecular weight is 645 g/mol. The van der Waals surface area contributed by atoms with Crippen molar-refractivity contribution >= 4 is 17.0 Å². The molecule has 2 heterocycles. The van der Waals surface area contributed by atoms with Crippen LogP contribution in [0.1, 0.15) is 51.0 Å². The van der Waals surface area contributed by atoms with Crippen molar-refractivity contribution in [3.8, 4) is 5.75 Å². The number of nitrogens with zero attached hydrogens (tertiary/aromatic N) is 1. The summed E-state index contributed by atoms with van der Waals surface area (Å²) >= 11 is 0. The maximum Gasteiger partial charge on any atom is 0.145 e. The molecule has 0 bridgehead atoms. The van der Waals surface area contributed by atoms with E-state index in [1.165, 1.54) is 16.7 Å². The molecule has 3 aliphatic carbocycles. The van der Waals surface area contributed by atoms with Gasteiger partial charge in [-0.25, -0.2) is 0 Å². The smallest absolute Gasteiger partial charge is 0.145 e. The molecule has 0 amide bonds. The molecule has 2 aliphatic heterocycles. The van der Waals surface area contributed by atoms with Gasteiger partial charge in [-0.05, 0) is 51.6 Å².